The first-order valence-corrected chi connectivity index (χ1v) is 20.7. The Hall–Kier alpha value is -2.70. The number of nitrogens with zero attached hydrogens (tertiary/aromatic N) is 4. The highest BCUT2D eigenvalue weighted by atomic mass is 35.5. The summed E-state index contributed by atoms with van der Waals surface area (Å²) in [6.07, 6.45) is 9.75. The molecule has 1 aliphatic carbocycles. The highest BCUT2D eigenvalue weighted by Crippen LogP contribution is 2.46. The van der Waals surface area contributed by atoms with Gasteiger partial charge in [-0.3, -0.25) is 14.6 Å². The van der Waals surface area contributed by atoms with Crippen molar-refractivity contribution in [3.8, 4) is 5.75 Å². The van der Waals surface area contributed by atoms with Crippen molar-refractivity contribution in [2.24, 2.45) is 17.8 Å². The van der Waals surface area contributed by atoms with Gasteiger partial charge in [-0.05, 0) is 112 Å². The van der Waals surface area contributed by atoms with Gasteiger partial charge in [0, 0.05) is 64.0 Å². The van der Waals surface area contributed by atoms with Crippen molar-refractivity contribution in [1.29, 1.82) is 0 Å². The molecule has 51 heavy (non-hydrogen) atoms. The Bertz CT molecular complexity index is 1680. The van der Waals surface area contributed by atoms with Crippen molar-refractivity contribution in [2.45, 2.75) is 89.7 Å². The Morgan fingerprint density at radius 1 is 1.06 bits per heavy atom. The highest BCUT2D eigenvalue weighted by molar-refractivity contribution is 7.90. The van der Waals surface area contributed by atoms with Gasteiger partial charge in [-0.15, -0.1) is 0 Å². The zero-order valence-electron chi connectivity index (χ0n) is 30.9. The molecule has 12 heteroatoms. The first-order chi connectivity index (χ1) is 24.4. The molecule has 5 atom stereocenters. The van der Waals surface area contributed by atoms with Crippen LogP contribution < -0.4 is 14.4 Å². The smallest absolute Gasteiger partial charge is 0.283 e. The van der Waals surface area contributed by atoms with Gasteiger partial charge in [-0.25, -0.2) is 18.1 Å². The van der Waals surface area contributed by atoms with Crippen molar-refractivity contribution in [1.82, 2.24) is 19.5 Å². The largest absolute Gasteiger partial charge is 0.485 e. The maximum atomic E-state index is 13.5. The number of benzene rings is 1. The van der Waals surface area contributed by atoms with Gasteiger partial charge < -0.3 is 14.4 Å². The Morgan fingerprint density at radius 3 is 2.55 bits per heavy atom. The van der Waals surface area contributed by atoms with Crippen molar-refractivity contribution in [2.75, 3.05) is 57.8 Å². The molecule has 1 aromatic heterocycles. The minimum Gasteiger partial charge on any atom is -0.485 e. The molecule has 1 amide bonds. The fourth-order valence-electron chi connectivity index (χ4n) is 8.26. The summed E-state index contributed by atoms with van der Waals surface area (Å²) in [6.45, 7) is 14.7. The first kappa shape index (κ1) is 38.0. The molecule has 6 rings (SSSR count). The monoisotopic (exact) mass is 741 g/mol. The van der Waals surface area contributed by atoms with Crippen LogP contribution in [-0.2, 0) is 27.8 Å². The van der Waals surface area contributed by atoms with Crippen LogP contribution in [0.3, 0.4) is 0 Å². The summed E-state index contributed by atoms with van der Waals surface area (Å²) in [5.74, 6) is 0.752. The zero-order chi connectivity index (χ0) is 36.3. The Morgan fingerprint density at radius 2 is 1.84 bits per heavy atom. The zero-order valence-corrected chi connectivity index (χ0v) is 32.5. The molecule has 4 aliphatic rings. The molecule has 0 radical (unpaired) electrons. The van der Waals surface area contributed by atoms with Gasteiger partial charge in [0.25, 0.3) is 5.91 Å². The summed E-state index contributed by atoms with van der Waals surface area (Å²) >= 11 is 6.39. The van der Waals surface area contributed by atoms with Crippen molar-refractivity contribution >= 4 is 33.3 Å². The highest BCUT2D eigenvalue weighted by Gasteiger charge is 2.48. The second-order valence-corrected chi connectivity index (χ2v) is 17.9. The second-order valence-electron chi connectivity index (χ2n) is 15.4. The number of halogens is 1. The molecule has 10 nitrogen and oxygen atoms in total. The standard InChI is InChI=1S/C39H56ClN5O5S/c1-27(2)44-21-19-43(20-22-44)26-39(49-5)17-8-9-28(3)29(4)51(47,48)42-38(46)35-15-16-36-37(41-35)45(24-31-12-14-34(31)39)18-7-6-10-30-23-33(40)13-11-32(30)25-50-36/h8,11,13,15-17,23,27-29,31,34H,6-7,9-10,12,14,18-22,24-26H2,1-5H3,(H,42,46)/b17-8+/t28-,29+,31-,34+,39+/m0/s1. The number of aromatic nitrogens is 1. The summed E-state index contributed by atoms with van der Waals surface area (Å²) in [4.78, 5) is 25.7. The van der Waals surface area contributed by atoms with E-state index < -0.39 is 26.8 Å². The summed E-state index contributed by atoms with van der Waals surface area (Å²) in [5.41, 5.74) is 1.76. The maximum Gasteiger partial charge on any atom is 0.283 e. The number of hydrogen-bond donors (Lipinski definition) is 1. The first-order valence-electron chi connectivity index (χ1n) is 18.8. The molecule has 0 unspecified atom stereocenters. The second kappa shape index (κ2) is 16.1. The third-order valence-corrected chi connectivity index (χ3v) is 14.1. The molecular weight excluding hydrogens is 686 g/mol. The molecule has 1 N–H and O–H groups in total. The summed E-state index contributed by atoms with van der Waals surface area (Å²) in [7, 11) is -2.15. The van der Waals surface area contributed by atoms with Crippen LogP contribution in [-0.4, -0.2) is 98.9 Å². The Kier molecular flexibility index (Phi) is 12.0. The number of sulfonamides is 1. The van der Waals surface area contributed by atoms with Crippen LogP contribution in [0.15, 0.2) is 42.5 Å². The fourth-order valence-corrected chi connectivity index (χ4v) is 9.73. The molecule has 0 spiro atoms. The molecule has 2 aromatic rings. The van der Waals surface area contributed by atoms with E-state index in [0.717, 1.165) is 76.9 Å². The average Bonchev–Trinajstić information content (AvgIpc) is 3.12. The van der Waals surface area contributed by atoms with Gasteiger partial charge in [0.1, 0.15) is 17.9 Å². The number of hydrogen-bond acceptors (Lipinski definition) is 9. The number of allylic oxidation sites excluding steroid dienone is 1. The van der Waals surface area contributed by atoms with Crippen LogP contribution in [0, 0.1) is 17.8 Å². The lowest BCUT2D eigenvalue weighted by molar-refractivity contribution is -0.0960. The van der Waals surface area contributed by atoms with E-state index in [4.69, 9.17) is 26.1 Å². The number of carbonyl (C=O) groups excluding carboxylic acids is 1. The molecule has 3 aliphatic heterocycles. The number of piperazine rings is 1. The Labute approximate surface area is 309 Å². The normalized spacial score (nSPS) is 30.2. The molecule has 2 bridgehead atoms. The minimum absolute atomic E-state index is 0.0526. The van der Waals surface area contributed by atoms with E-state index in [1.54, 1.807) is 19.1 Å². The lowest BCUT2D eigenvalue weighted by atomic mass is 9.63. The molecular formula is C39H56ClN5O5S. The predicted molar refractivity (Wildman–Crippen MR) is 203 cm³/mol. The van der Waals surface area contributed by atoms with E-state index in [2.05, 4.69) is 45.4 Å². The molecule has 4 heterocycles. The van der Waals surface area contributed by atoms with Crippen LogP contribution >= 0.6 is 11.6 Å². The number of ether oxygens (including phenoxy) is 2. The number of methoxy groups -OCH3 is 1. The molecule has 1 saturated carbocycles. The number of carbonyl (C=O) groups is 1. The number of amides is 1. The topological polar surface area (TPSA) is 104 Å². The van der Waals surface area contributed by atoms with E-state index in [9.17, 15) is 13.2 Å². The summed E-state index contributed by atoms with van der Waals surface area (Å²) < 4.78 is 42.5. The van der Waals surface area contributed by atoms with E-state index in [0.29, 0.717) is 48.1 Å². The minimum atomic E-state index is -3.99. The van der Waals surface area contributed by atoms with E-state index in [-0.39, 0.29) is 17.5 Å². The van der Waals surface area contributed by atoms with Gasteiger partial charge in [0.15, 0.2) is 11.6 Å². The van der Waals surface area contributed by atoms with Gasteiger partial charge in [-0.2, -0.15) is 0 Å². The van der Waals surface area contributed by atoms with Crippen molar-refractivity contribution < 1.29 is 22.7 Å². The van der Waals surface area contributed by atoms with Gasteiger partial charge in [0.2, 0.25) is 10.0 Å². The fraction of sp³-hybridized carbons (Fsp3) is 0.641. The third kappa shape index (κ3) is 8.59. The van der Waals surface area contributed by atoms with Crippen LogP contribution in [0.25, 0.3) is 0 Å². The summed E-state index contributed by atoms with van der Waals surface area (Å²) in [5, 5.41) is -0.0932. The van der Waals surface area contributed by atoms with Crippen LogP contribution in [0.4, 0.5) is 5.82 Å². The average molecular weight is 742 g/mol. The van der Waals surface area contributed by atoms with E-state index in [1.165, 1.54) is 5.56 Å². The number of nitrogens with one attached hydrogen (secondary N) is 1. The number of anilines is 1. The SMILES string of the molecule is CO[C@@]1(CN2CCN(C(C)C)CC2)/C=C/C[C@H](C)[C@@H](C)S(=O)(=O)NC(=O)c2ccc3c(n2)N(CCCCc2cc(Cl)ccc2CO3)C[C@@H]2CC[C@H]21. The number of pyridine rings is 1. The number of fused-ring (bicyclic) bond motifs is 3. The van der Waals surface area contributed by atoms with Crippen LogP contribution in [0.1, 0.15) is 81.4 Å². The maximum absolute atomic E-state index is 13.5. The van der Waals surface area contributed by atoms with Crippen LogP contribution in [0.5, 0.6) is 5.75 Å². The van der Waals surface area contributed by atoms with Crippen LogP contribution in [0.2, 0.25) is 5.02 Å². The molecule has 2 fully saturated rings. The lowest BCUT2D eigenvalue weighted by Gasteiger charge is -2.52. The molecule has 280 valence electrons. The van der Waals surface area contributed by atoms with Gasteiger partial charge >= 0.3 is 0 Å². The van der Waals surface area contributed by atoms with Gasteiger partial charge in [-0.1, -0.05) is 36.7 Å². The van der Waals surface area contributed by atoms with Crippen molar-refractivity contribution in [3.63, 3.8) is 0 Å². The third-order valence-electron chi connectivity index (χ3n) is 12.0. The predicted octanol–water partition coefficient (Wildman–Crippen LogP) is 5.94. The van der Waals surface area contributed by atoms with Gasteiger partial charge in [0.05, 0.1) is 5.25 Å². The van der Waals surface area contributed by atoms with Crippen molar-refractivity contribution in [3.05, 3.63) is 64.3 Å². The molecule has 1 saturated heterocycles. The lowest BCUT2D eigenvalue weighted by Crippen LogP contribution is -2.59. The molecule has 1 aromatic carbocycles. The number of aryl methyl sites for hydroxylation is 1. The summed E-state index contributed by atoms with van der Waals surface area (Å²) in [6, 6.07) is 9.77. The number of rotatable bonds is 4. The Balaban J connectivity index is 1.38. The quantitative estimate of drug-likeness (QED) is 0.382. The van der Waals surface area contributed by atoms with E-state index >= 15 is 0 Å². The van der Waals surface area contributed by atoms with E-state index in [1.807, 2.05) is 32.2 Å².